The van der Waals surface area contributed by atoms with Crippen LogP contribution in [0.5, 0.6) is 0 Å². The van der Waals surface area contributed by atoms with Crippen LogP contribution in [0.15, 0.2) is 24.4 Å². The Bertz CT molecular complexity index is 336. The number of hydrogen-bond donors (Lipinski definition) is 1. The van der Waals surface area contributed by atoms with Gasteiger partial charge in [0.15, 0.2) is 0 Å². The van der Waals surface area contributed by atoms with Crippen molar-refractivity contribution >= 4 is 0 Å². The fourth-order valence-electron chi connectivity index (χ4n) is 2.95. The molecule has 2 heteroatoms. The molecule has 17 heavy (non-hydrogen) atoms. The van der Waals surface area contributed by atoms with Crippen molar-refractivity contribution in [2.75, 3.05) is 0 Å². The Morgan fingerprint density at radius 2 is 2.12 bits per heavy atom. The summed E-state index contributed by atoms with van der Waals surface area (Å²) in [7, 11) is 0. The summed E-state index contributed by atoms with van der Waals surface area (Å²) in [5, 5.41) is 3.74. The average molecular weight is 232 g/mol. The molecule has 2 rings (SSSR count). The highest BCUT2D eigenvalue weighted by atomic mass is 15.0. The molecule has 0 aliphatic heterocycles. The van der Waals surface area contributed by atoms with Crippen molar-refractivity contribution in [1.82, 2.24) is 10.3 Å². The topological polar surface area (TPSA) is 24.9 Å². The molecule has 4 atom stereocenters. The molecular weight excluding hydrogens is 208 g/mol. The van der Waals surface area contributed by atoms with Gasteiger partial charge in [0.25, 0.3) is 0 Å². The fourth-order valence-corrected chi connectivity index (χ4v) is 2.95. The molecule has 0 aromatic carbocycles. The Morgan fingerprint density at radius 3 is 2.76 bits per heavy atom. The lowest BCUT2D eigenvalue weighted by Crippen LogP contribution is -2.40. The zero-order valence-electron chi connectivity index (χ0n) is 11.2. The van der Waals surface area contributed by atoms with Crippen LogP contribution in [-0.2, 0) is 0 Å². The smallest absolute Gasteiger partial charge is 0.0570 e. The van der Waals surface area contributed by atoms with Gasteiger partial charge < -0.3 is 5.32 Å². The molecule has 1 fully saturated rings. The Balaban J connectivity index is 1.93. The average Bonchev–Trinajstić information content (AvgIpc) is 2.34. The van der Waals surface area contributed by atoms with E-state index in [2.05, 4.69) is 43.2 Å². The van der Waals surface area contributed by atoms with Gasteiger partial charge in [-0.1, -0.05) is 19.9 Å². The zero-order chi connectivity index (χ0) is 12.3. The van der Waals surface area contributed by atoms with Gasteiger partial charge in [0, 0.05) is 18.3 Å². The molecule has 94 valence electrons. The van der Waals surface area contributed by atoms with Gasteiger partial charge in [-0.2, -0.15) is 0 Å². The first-order valence-corrected chi connectivity index (χ1v) is 6.83. The number of rotatable bonds is 3. The van der Waals surface area contributed by atoms with Gasteiger partial charge in [0.05, 0.1) is 5.69 Å². The van der Waals surface area contributed by atoms with E-state index in [1.807, 2.05) is 12.3 Å². The molecule has 0 saturated heterocycles. The summed E-state index contributed by atoms with van der Waals surface area (Å²) in [5.41, 5.74) is 1.15. The maximum absolute atomic E-state index is 4.42. The minimum absolute atomic E-state index is 0.358. The highest BCUT2D eigenvalue weighted by Crippen LogP contribution is 2.29. The van der Waals surface area contributed by atoms with E-state index >= 15 is 0 Å². The highest BCUT2D eigenvalue weighted by molar-refractivity contribution is 5.08. The van der Waals surface area contributed by atoms with E-state index in [9.17, 15) is 0 Å². The van der Waals surface area contributed by atoms with Gasteiger partial charge in [0.1, 0.15) is 0 Å². The lowest BCUT2D eigenvalue weighted by molar-refractivity contribution is 0.215. The van der Waals surface area contributed by atoms with Crippen molar-refractivity contribution in [3.8, 4) is 0 Å². The molecule has 1 heterocycles. The van der Waals surface area contributed by atoms with Crippen LogP contribution in [0.3, 0.4) is 0 Å². The van der Waals surface area contributed by atoms with Crippen LogP contribution >= 0.6 is 0 Å². The van der Waals surface area contributed by atoms with Gasteiger partial charge in [0.2, 0.25) is 0 Å². The first-order chi connectivity index (χ1) is 8.16. The predicted molar refractivity (Wildman–Crippen MR) is 71.8 cm³/mol. The van der Waals surface area contributed by atoms with Crippen molar-refractivity contribution in [3.63, 3.8) is 0 Å². The maximum atomic E-state index is 4.42. The lowest BCUT2D eigenvalue weighted by atomic mass is 9.79. The van der Waals surface area contributed by atoms with Crippen LogP contribution < -0.4 is 5.32 Å². The second-order valence-electron chi connectivity index (χ2n) is 5.64. The summed E-state index contributed by atoms with van der Waals surface area (Å²) in [6.07, 6.45) is 5.89. The Kier molecular flexibility index (Phi) is 4.16. The third kappa shape index (κ3) is 3.29. The zero-order valence-corrected chi connectivity index (χ0v) is 11.2. The second-order valence-corrected chi connectivity index (χ2v) is 5.64. The molecule has 2 nitrogen and oxygen atoms in total. The van der Waals surface area contributed by atoms with Crippen LogP contribution in [0.1, 0.15) is 51.8 Å². The number of pyridine rings is 1. The molecule has 1 aliphatic carbocycles. The third-order valence-electron chi connectivity index (χ3n) is 4.03. The van der Waals surface area contributed by atoms with E-state index < -0.39 is 0 Å². The molecule has 4 unspecified atom stereocenters. The number of hydrogen-bond acceptors (Lipinski definition) is 2. The van der Waals surface area contributed by atoms with Crippen LogP contribution in [0.2, 0.25) is 0 Å². The van der Waals surface area contributed by atoms with Crippen LogP contribution in [-0.4, -0.2) is 11.0 Å². The predicted octanol–water partition coefficient (Wildman–Crippen LogP) is 3.56. The van der Waals surface area contributed by atoms with E-state index in [1.54, 1.807) is 0 Å². The molecular formula is C15H24N2. The van der Waals surface area contributed by atoms with Crippen molar-refractivity contribution in [2.24, 2.45) is 11.8 Å². The van der Waals surface area contributed by atoms with E-state index in [4.69, 9.17) is 0 Å². The number of nitrogens with one attached hydrogen (secondary N) is 1. The molecule has 0 amide bonds. The quantitative estimate of drug-likeness (QED) is 0.862. The summed E-state index contributed by atoms with van der Waals surface area (Å²) < 4.78 is 0. The SMILES string of the molecule is CC1CCC(NC(C)c2ccccn2)C(C)C1. The van der Waals surface area contributed by atoms with Crippen molar-refractivity contribution in [3.05, 3.63) is 30.1 Å². The summed E-state index contributed by atoms with van der Waals surface area (Å²) in [6, 6.07) is 7.15. The van der Waals surface area contributed by atoms with E-state index in [0.717, 1.165) is 17.5 Å². The highest BCUT2D eigenvalue weighted by Gasteiger charge is 2.26. The maximum Gasteiger partial charge on any atom is 0.0570 e. The van der Waals surface area contributed by atoms with Gasteiger partial charge in [-0.05, 0) is 50.2 Å². The van der Waals surface area contributed by atoms with Crippen molar-refractivity contribution in [2.45, 2.75) is 52.1 Å². The lowest BCUT2D eigenvalue weighted by Gasteiger charge is -2.35. The van der Waals surface area contributed by atoms with Gasteiger partial charge in [-0.3, -0.25) is 4.98 Å². The third-order valence-corrected chi connectivity index (χ3v) is 4.03. The minimum Gasteiger partial charge on any atom is -0.306 e. The summed E-state index contributed by atoms with van der Waals surface area (Å²) >= 11 is 0. The monoisotopic (exact) mass is 232 g/mol. The minimum atomic E-state index is 0.358. The fraction of sp³-hybridized carbons (Fsp3) is 0.667. The summed E-state index contributed by atoms with van der Waals surface area (Å²) in [6.45, 7) is 6.96. The molecule has 1 saturated carbocycles. The van der Waals surface area contributed by atoms with Crippen LogP contribution in [0.25, 0.3) is 0 Å². The molecule has 1 aromatic heterocycles. The first-order valence-electron chi connectivity index (χ1n) is 6.83. The normalized spacial score (nSPS) is 31.1. The van der Waals surface area contributed by atoms with Crippen LogP contribution in [0, 0.1) is 11.8 Å². The van der Waals surface area contributed by atoms with Gasteiger partial charge in [-0.25, -0.2) is 0 Å². The summed E-state index contributed by atoms with van der Waals surface area (Å²) in [4.78, 5) is 4.42. The van der Waals surface area contributed by atoms with E-state index in [-0.39, 0.29) is 0 Å². The van der Waals surface area contributed by atoms with Gasteiger partial charge >= 0.3 is 0 Å². The molecule has 1 aromatic rings. The molecule has 0 spiro atoms. The molecule has 0 radical (unpaired) electrons. The Hall–Kier alpha value is -0.890. The van der Waals surface area contributed by atoms with Gasteiger partial charge in [-0.15, -0.1) is 0 Å². The number of nitrogens with zero attached hydrogens (tertiary/aromatic N) is 1. The molecule has 1 aliphatic rings. The largest absolute Gasteiger partial charge is 0.306 e. The van der Waals surface area contributed by atoms with E-state index in [1.165, 1.54) is 19.3 Å². The number of aromatic nitrogens is 1. The van der Waals surface area contributed by atoms with Crippen molar-refractivity contribution in [1.29, 1.82) is 0 Å². The molecule has 0 bridgehead atoms. The Labute approximate surface area is 105 Å². The van der Waals surface area contributed by atoms with Crippen LogP contribution in [0.4, 0.5) is 0 Å². The molecule has 1 N–H and O–H groups in total. The van der Waals surface area contributed by atoms with Crippen molar-refractivity contribution < 1.29 is 0 Å². The first kappa shape index (κ1) is 12.6. The standard InChI is InChI=1S/C15H24N2/c1-11-7-8-14(12(2)10-11)17-13(3)15-6-4-5-9-16-15/h4-6,9,11-14,17H,7-8,10H2,1-3H3. The Morgan fingerprint density at radius 1 is 1.29 bits per heavy atom. The van der Waals surface area contributed by atoms with E-state index in [0.29, 0.717) is 12.1 Å². The summed E-state index contributed by atoms with van der Waals surface area (Å²) in [5.74, 6) is 1.68. The second kappa shape index (κ2) is 5.63.